The second-order valence-electron chi connectivity index (χ2n) is 4.84. The molecule has 1 heterocycles. The predicted octanol–water partition coefficient (Wildman–Crippen LogP) is 3.01. The van der Waals surface area contributed by atoms with Crippen LogP contribution in [0.2, 0.25) is 0 Å². The van der Waals surface area contributed by atoms with Gasteiger partial charge in [-0.1, -0.05) is 15.9 Å². The van der Waals surface area contributed by atoms with E-state index in [-0.39, 0.29) is 18.1 Å². The molecule has 1 fully saturated rings. The lowest BCUT2D eigenvalue weighted by Gasteiger charge is -2.29. The molecule has 0 spiro atoms. The largest absolute Gasteiger partial charge is 0.494 e. The molecule has 2 atom stereocenters. The van der Waals surface area contributed by atoms with Crippen molar-refractivity contribution in [2.45, 2.75) is 25.9 Å². The number of hydrogen-bond acceptors (Lipinski definition) is 3. The maximum absolute atomic E-state index is 9.58. The first-order chi connectivity index (χ1) is 8.66. The Bertz CT molecular complexity index is 379. The fourth-order valence-corrected chi connectivity index (χ4v) is 2.60. The Hall–Kier alpha value is -0.580. The normalized spacial score (nSPS) is 27.4. The van der Waals surface area contributed by atoms with Gasteiger partial charge in [0.2, 0.25) is 0 Å². The van der Waals surface area contributed by atoms with Gasteiger partial charge in [-0.05, 0) is 44.0 Å². The van der Waals surface area contributed by atoms with E-state index in [2.05, 4.69) is 15.9 Å². The highest BCUT2D eigenvalue weighted by atomic mass is 79.9. The van der Waals surface area contributed by atoms with Crippen LogP contribution < -0.4 is 4.74 Å². The van der Waals surface area contributed by atoms with Crippen LogP contribution in [0.15, 0.2) is 28.7 Å². The number of rotatable bonds is 5. The molecule has 1 aliphatic heterocycles. The summed E-state index contributed by atoms with van der Waals surface area (Å²) in [6, 6.07) is 7.78. The number of ether oxygens (including phenoxy) is 2. The number of aliphatic hydroxyl groups excluding tert-OH is 1. The molecular weight excluding hydrogens is 296 g/mol. The second kappa shape index (κ2) is 6.04. The molecule has 1 N–H and O–H groups in total. The molecule has 1 aromatic rings. The Morgan fingerprint density at radius 3 is 2.72 bits per heavy atom. The van der Waals surface area contributed by atoms with Crippen molar-refractivity contribution in [2.75, 3.05) is 19.8 Å². The molecule has 3 nitrogen and oxygen atoms in total. The van der Waals surface area contributed by atoms with E-state index in [1.165, 1.54) is 0 Å². The lowest BCUT2D eigenvalue weighted by atomic mass is 9.80. The van der Waals surface area contributed by atoms with Crippen molar-refractivity contribution in [1.29, 1.82) is 0 Å². The van der Waals surface area contributed by atoms with Crippen LogP contribution in [0.25, 0.3) is 0 Å². The molecule has 18 heavy (non-hydrogen) atoms. The highest BCUT2D eigenvalue weighted by molar-refractivity contribution is 9.10. The van der Waals surface area contributed by atoms with E-state index in [1.807, 2.05) is 31.2 Å². The molecular formula is C14H19BrO3. The minimum absolute atomic E-state index is 0.107. The fourth-order valence-electron chi connectivity index (χ4n) is 2.34. The van der Waals surface area contributed by atoms with E-state index in [0.717, 1.165) is 29.7 Å². The zero-order valence-corrected chi connectivity index (χ0v) is 12.1. The third-order valence-electron chi connectivity index (χ3n) is 3.83. The Morgan fingerprint density at radius 1 is 1.44 bits per heavy atom. The van der Waals surface area contributed by atoms with E-state index in [4.69, 9.17) is 9.47 Å². The van der Waals surface area contributed by atoms with Crippen molar-refractivity contribution < 1.29 is 14.6 Å². The molecule has 100 valence electrons. The zero-order valence-electron chi connectivity index (χ0n) is 10.6. The lowest BCUT2D eigenvalue weighted by Crippen LogP contribution is -2.34. The Morgan fingerprint density at radius 2 is 2.17 bits per heavy atom. The van der Waals surface area contributed by atoms with E-state index < -0.39 is 0 Å². The summed E-state index contributed by atoms with van der Waals surface area (Å²) in [7, 11) is 0. The quantitative estimate of drug-likeness (QED) is 0.908. The third-order valence-corrected chi connectivity index (χ3v) is 4.36. The molecule has 4 heteroatoms. The standard InChI is InChI=1S/C14H19BrO3/c1-11-14(10-16,6-8-17-11)7-9-18-13-4-2-12(15)3-5-13/h2-5,11,16H,6-10H2,1H3. The van der Waals surface area contributed by atoms with Gasteiger partial charge in [0, 0.05) is 16.5 Å². The molecule has 0 amide bonds. The summed E-state index contributed by atoms with van der Waals surface area (Å²) in [4.78, 5) is 0. The van der Waals surface area contributed by atoms with Gasteiger partial charge in [-0.2, -0.15) is 0 Å². The first-order valence-corrected chi connectivity index (χ1v) is 7.06. The van der Waals surface area contributed by atoms with Gasteiger partial charge >= 0.3 is 0 Å². The Balaban J connectivity index is 1.86. The minimum atomic E-state index is -0.130. The highest BCUT2D eigenvalue weighted by Gasteiger charge is 2.40. The molecule has 1 aliphatic rings. The third kappa shape index (κ3) is 3.05. The summed E-state index contributed by atoms with van der Waals surface area (Å²) in [5, 5.41) is 9.58. The average molecular weight is 315 g/mol. The number of aliphatic hydroxyl groups is 1. The smallest absolute Gasteiger partial charge is 0.119 e. The summed E-state index contributed by atoms with van der Waals surface area (Å²) in [5.74, 6) is 0.859. The molecule has 1 saturated heterocycles. The van der Waals surface area contributed by atoms with Crippen LogP contribution in [0.3, 0.4) is 0 Å². The summed E-state index contributed by atoms with van der Waals surface area (Å²) in [6.45, 7) is 3.54. The summed E-state index contributed by atoms with van der Waals surface area (Å²) in [6.07, 6.45) is 1.84. The van der Waals surface area contributed by atoms with Crippen molar-refractivity contribution in [3.8, 4) is 5.75 Å². The van der Waals surface area contributed by atoms with Crippen molar-refractivity contribution in [3.63, 3.8) is 0 Å². The fraction of sp³-hybridized carbons (Fsp3) is 0.571. The molecule has 1 aromatic carbocycles. The number of benzene rings is 1. The molecule has 0 saturated carbocycles. The van der Waals surface area contributed by atoms with Crippen molar-refractivity contribution in [2.24, 2.45) is 5.41 Å². The molecule has 2 unspecified atom stereocenters. The van der Waals surface area contributed by atoms with Crippen molar-refractivity contribution >= 4 is 15.9 Å². The van der Waals surface area contributed by atoms with E-state index in [1.54, 1.807) is 0 Å². The Kier molecular flexibility index (Phi) is 4.65. The number of hydrogen-bond donors (Lipinski definition) is 1. The molecule has 0 aliphatic carbocycles. The van der Waals surface area contributed by atoms with E-state index in [9.17, 15) is 5.11 Å². The van der Waals surface area contributed by atoms with Crippen LogP contribution in [-0.2, 0) is 4.74 Å². The van der Waals surface area contributed by atoms with Crippen molar-refractivity contribution in [1.82, 2.24) is 0 Å². The Labute approximate surface area is 116 Å². The highest BCUT2D eigenvalue weighted by Crippen LogP contribution is 2.37. The van der Waals surface area contributed by atoms with Crippen LogP contribution >= 0.6 is 15.9 Å². The van der Waals surface area contributed by atoms with Crippen LogP contribution in [0.5, 0.6) is 5.75 Å². The predicted molar refractivity (Wildman–Crippen MR) is 73.8 cm³/mol. The van der Waals surface area contributed by atoms with Crippen LogP contribution in [0.4, 0.5) is 0 Å². The molecule has 2 rings (SSSR count). The van der Waals surface area contributed by atoms with Gasteiger partial charge in [-0.15, -0.1) is 0 Å². The SMILES string of the molecule is CC1OCCC1(CO)CCOc1ccc(Br)cc1. The van der Waals surface area contributed by atoms with E-state index in [0.29, 0.717) is 6.61 Å². The van der Waals surface area contributed by atoms with E-state index >= 15 is 0 Å². The lowest BCUT2D eigenvalue weighted by molar-refractivity contribution is 0.0140. The zero-order chi connectivity index (χ0) is 13.0. The summed E-state index contributed by atoms with van der Waals surface area (Å²) < 4.78 is 12.3. The topological polar surface area (TPSA) is 38.7 Å². The van der Waals surface area contributed by atoms with Gasteiger partial charge < -0.3 is 14.6 Å². The van der Waals surface area contributed by atoms with Gasteiger partial charge in [0.05, 0.1) is 19.3 Å². The average Bonchev–Trinajstić information content (AvgIpc) is 2.74. The van der Waals surface area contributed by atoms with Gasteiger partial charge in [0.15, 0.2) is 0 Å². The maximum Gasteiger partial charge on any atom is 0.119 e. The van der Waals surface area contributed by atoms with Gasteiger partial charge in [0.25, 0.3) is 0 Å². The van der Waals surface area contributed by atoms with Gasteiger partial charge in [-0.25, -0.2) is 0 Å². The van der Waals surface area contributed by atoms with Crippen LogP contribution in [0, 0.1) is 5.41 Å². The molecule has 0 radical (unpaired) electrons. The van der Waals surface area contributed by atoms with Crippen LogP contribution in [0.1, 0.15) is 19.8 Å². The van der Waals surface area contributed by atoms with Crippen molar-refractivity contribution in [3.05, 3.63) is 28.7 Å². The monoisotopic (exact) mass is 314 g/mol. The molecule has 0 bridgehead atoms. The van der Waals surface area contributed by atoms with Gasteiger partial charge in [-0.3, -0.25) is 0 Å². The second-order valence-corrected chi connectivity index (χ2v) is 5.75. The van der Waals surface area contributed by atoms with Crippen LogP contribution in [-0.4, -0.2) is 31.0 Å². The molecule has 0 aromatic heterocycles. The first kappa shape index (κ1) is 13.8. The van der Waals surface area contributed by atoms with Gasteiger partial charge in [0.1, 0.15) is 5.75 Å². The minimum Gasteiger partial charge on any atom is -0.494 e. The number of halogens is 1. The first-order valence-electron chi connectivity index (χ1n) is 6.27. The maximum atomic E-state index is 9.58. The summed E-state index contributed by atoms with van der Waals surface area (Å²) >= 11 is 3.39. The summed E-state index contributed by atoms with van der Waals surface area (Å²) in [5.41, 5.74) is -0.130.